The molecule has 8 heteroatoms. The Morgan fingerprint density at radius 2 is 2.25 bits per heavy atom. The molecule has 1 aromatic heterocycles. The van der Waals surface area contributed by atoms with Crippen LogP contribution in [0.3, 0.4) is 0 Å². The van der Waals surface area contributed by atoms with Crippen LogP contribution in [-0.4, -0.2) is 26.6 Å². The van der Waals surface area contributed by atoms with Crippen molar-refractivity contribution in [3.05, 3.63) is 36.4 Å². The number of fused-ring (bicyclic) bond motifs is 1. The van der Waals surface area contributed by atoms with Crippen LogP contribution >= 0.6 is 0 Å². The number of aromatic nitrogens is 3. The molecule has 7 nitrogen and oxygen atoms in total. The van der Waals surface area contributed by atoms with Gasteiger partial charge in [0, 0.05) is 0 Å². The lowest BCUT2D eigenvalue weighted by Gasteiger charge is -2.22. The monoisotopic (exact) mass is 275 g/mol. The summed E-state index contributed by atoms with van der Waals surface area (Å²) in [4.78, 5) is 27.5. The van der Waals surface area contributed by atoms with Gasteiger partial charge in [0.05, 0.1) is 12.1 Å². The largest absolute Gasteiger partial charge is 0.322 e. The Morgan fingerprint density at radius 1 is 1.45 bits per heavy atom. The highest BCUT2D eigenvalue weighted by atomic mass is 19.1. The van der Waals surface area contributed by atoms with Gasteiger partial charge < -0.3 is 5.32 Å². The van der Waals surface area contributed by atoms with Gasteiger partial charge in [-0.1, -0.05) is 12.1 Å². The average Bonchev–Trinajstić information content (AvgIpc) is 2.88. The molecule has 3 rings (SSSR count). The molecule has 0 spiro atoms. The predicted molar refractivity (Wildman–Crippen MR) is 67.3 cm³/mol. The molecular formula is C12H10FN5O2. The number of anilines is 2. The van der Waals surface area contributed by atoms with E-state index in [2.05, 4.69) is 20.7 Å². The zero-order chi connectivity index (χ0) is 14.1. The van der Waals surface area contributed by atoms with Crippen molar-refractivity contribution < 1.29 is 14.0 Å². The van der Waals surface area contributed by atoms with Gasteiger partial charge in [-0.15, -0.1) is 0 Å². The van der Waals surface area contributed by atoms with Crippen molar-refractivity contribution >= 4 is 23.5 Å². The van der Waals surface area contributed by atoms with Crippen molar-refractivity contribution in [1.82, 2.24) is 14.8 Å². The average molecular weight is 275 g/mol. The van der Waals surface area contributed by atoms with Crippen LogP contribution in [0.1, 0.15) is 12.5 Å². The van der Waals surface area contributed by atoms with Gasteiger partial charge >= 0.3 is 0 Å². The van der Waals surface area contributed by atoms with E-state index < -0.39 is 17.8 Å². The van der Waals surface area contributed by atoms with Crippen molar-refractivity contribution in [3.63, 3.8) is 0 Å². The summed E-state index contributed by atoms with van der Waals surface area (Å²) >= 11 is 0. The van der Waals surface area contributed by atoms with Crippen molar-refractivity contribution in [3.8, 4) is 0 Å². The third-order valence-electron chi connectivity index (χ3n) is 2.93. The van der Waals surface area contributed by atoms with Crippen LogP contribution in [0, 0.1) is 5.82 Å². The number of carbonyl (C=O) groups is 2. The lowest BCUT2D eigenvalue weighted by atomic mass is 10.1. The highest BCUT2D eigenvalue weighted by Crippen LogP contribution is 2.23. The number of halogens is 1. The topological polar surface area (TPSA) is 88.9 Å². The fourth-order valence-corrected chi connectivity index (χ4v) is 1.99. The minimum Gasteiger partial charge on any atom is -0.322 e. The Hall–Kier alpha value is -2.77. The van der Waals surface area contributed by atoms with Crippen molar-refractivity contribution in [1.29, 1.82) is 0 Å². The second-order valence-corrected chi connectivity index (χ2v) is 4.27. The highest BCUT2D eigenvalue weighted by Gasteiger charge is 2.32. The van der Waals surface area contributed by atoms with E-state index in [9.17, 15) is 14.0 Å². The smallest absolute Gasteiger partial charge is 0.250 e. The zero-order valence-corrected chi connectivity index (χ0v) is 10.2. The van der Waals surface area contributed by atoms with Crippen LogP contribution in [0.2, 0.25) is 0 Å². The minimum absolute atomic E-state index is 0.0603. The van der Waals surface area contributed by atoms with E-state index in [1.54, 1.807) is 6.07 Å². The van der Waals surface area contributed by atoms with Gasteiger partial charge in [0.15, 0.2) is 0 Å². The van der Waals surface area contributed by atoms with Gasteiger partial charge in [-0.25, -0.2) is 9.07 Å². The molecule has 0 aliphatic carbocycles. The third-order valence-corrected chi connectivity index (χ3v) is 2.93. The van der Waals surface area contributed by atoms with E-state index in [1.165, 1.54) is 29.2 Å². The Morgan fingerprint density at radius 3 is 3.05 bits per heavy atom. The van der Waals surface area contributed by atoms with E-state index in [-0.39, 0.29) is 24.0 Å². The fraction of sp³-hybridized carbons (Fsp3) is 0.167. The molecular weight excluding hydrogens is 265 g/mol. The first kappa shape index (κ1) is 12.3. The number of nitrogens with one attached hydrogen (secondary N) is 2. The number of hydrogen-bond donors (Lipinski definition) is 2. The molecule has 1 unspecified atom stereocenters. The Balaban J connectivity index is 1.85. The molecule has 1 aromatic carbocycles. The number of para-hydroxylation sites is 1. The lowest BCUT2D eigenvalue weighted by Crippen LogP contribution is -2.36. The standard InChI is InChI=1S/C12H10FN5O2/c13-7-3-1-2-4-8(7)16-11(20)9-5-10(19)17-12-14-6-15-18(9)12/h1-4,6,9H,5H2,(H,16,20)(H,14,15,17,19). The molecule has 2 heterocycles. The zero-order valence-electron chi connectivity index (χ0n) is 10.2. The van der Waals surface area contributed by atoms with Gasteiger partial charge in [-0.2, -0.15) is 10.1 Å². The first-order valence-electron chi connectivity index (χ1n) is 5.90. The van der Waals surface area contributed by atoms with E-state index in [0.29, 0.717) is 0 Å². The number of carbonyl (C=O) groups excluding carboxylic acids is 2. The highest BCUT2D eigenvalue weighted by molar-refractivity contribution is 6.00. The molecule has 0 saturated heterocycles. The van der Waals surface area contributed by atoms with Crippen molar-refractivity contribution in [2.45, 2.75) is 12.5 Å². The molecule has 2 amide bonds. The summed E-state index contributed by atoms with van der Waals surface area (Å²) in [5.74, 6) is -1.19. The number of amides is 2. The summed E-state index contributed by atoms with van der Waals surface area (Å²) in [6.45, 7) is 0. The molecule has 0 bridgehead atoms. The molecule has 0 fully saturated rings. The van der Waals surface area contributed by atoms with Gasteiger partial charge in [-0.3, -0.25) is 14.9 Å². The maximum absolute atomic E-state index is 13.5. The van der Waals surface area contributed by atoms with E-state index in [0.717, 1.165) is 0 Å². The normalized spacial score (nSPS) is 17.2. The minimum atomic E-state index is -0.846. The summed E-state index contributed by atoms with van der Waals surface area (Å²) < 4.78 is 14.8. The van der Waals surface area contributed by atoms with Crippen molar-refractivity contribution in [2.75, 3.05) is 10.6 Å². The van der Waals surface area contributed by atoms with Gasteiger partial charge in [0.2, 0.25) is 17.8 Å². The third kappa shape index (κ3) is 2.11. The second kappa shape index (κ2) is 4.72. The van der Waals surface area contributed by atoms with Crippen molar-refractivity contribution in [2.24, 2.45) is 0 Å². The van der Waals surface area contributed by atoms with Crippen LogP contribution in [0.4, 0.5) is 16.0 Å². The van der Waals surface area contributed by atoms with E-state index in [1.807, 2.05) is 0 Å². The van der Waals surface area contributed by atoms with Crippen LogP contribution in [-0.2, 0) is 9.59 Å². The Bertz CT molecular complexity index is 684. The number of hydrogen-bond acceptors (Lipinski definition) is 4. The van der Waals surface area contributed by atoms with Gasteiger partial charge in [0.1, 0.15) is 18.2 Å². The van der Waals surface area contributed by atoms with E-state index in [4.69, 9.17) is 0 Å². The maximum atomic E-state index is 13.5. The molecule has 1 aliphatic rings. The fourth-order valence-electron chi connectivity index (χ4n) is 1.99. The first-order valence-corrected chi connectivity index (χ1v) is 5.90. The Kier molecular flexibility index (Phi) is 2.90. The molecule has 102 valence electrons. The summed E-state index contributed by atoms with van der Waals surface area (Å²) in [6.07, 6.45) is 1.17. The van der Waals surface area contributed by atoms with Gasteiger partial charge in [-0.05, 0) is 12.1 Å². The van der Waals surface area contributed by atoms with Gasteiger partial charge in [0.25, 0.3) is 0 Å². The van der Waals surface area contributed by atoms with Crippen LogP contribution in [0.25, 0.3) is 0 Å². The maximum Gasteiger partial charge on any atom is 0.250 e. The molecule has 2 aromatic rings. The number of rotatable bonds is 2. The molecule has 0 saturated carbocycles. The number of nitrogens with zero attached hydrogens (tertiary/aromatic N) is 3. The summed E-state index contributed by atoms with van der Waals surface area (Å²) in [5.41, 5.74) is 0.0603. The summed E-state index contributed by atoms with van der Waals surface area (Å²) in [7, 11) is 0. The first-order chi connectivity index (χ1) is 9.65. The van der Waals surface area contributed by atoms with Crippen LogP contribution in [0.5, 0.6) is 0 Å². The summed E-state index contributed by atoms with van der Waals surface area (Å²) in [5, 5.41) is 8.84. The SMILES string of the molecule is O=C1CC(C(=O)Nc2ccccc2F)n2ncnc2N1. The Labute approximate surface area is 112 Å². The van der Waals surface area contributed by atoms with Crippen LogP contribution < -0.4 is 10.6 Å². The number of benzene rings is 1. The molecule has 1 atom stereocenters. The quantitative estimate of drug-likeness (QED) is 0.853. The second-order valence-electron chi connectivity index (χ2n) is 4.27. The molecule has 1 aliphatic heterocycles. The van der Waals surface area contributed by atoms with E-state index >= 15 is 0 Å². The summed E-state index contributed by atoms with van der Waals surface area (Å²) in [6, 6.07) is 4.96. The molecule has 2 N–H and O–H groups in total. The predicted octanol–water partition coefficient (Wildman–Crippen LogP) is 0.939. The molecule has 0 radical (unpaired) electrons. The molecule has 20 heavy (non-hydrogen) atoms. The van der Waals surface area contributed by atoms with Crippen LogP contribution in [0.15, 0.2) is 30.6 Å². The lowest BCUT2D eigenvalue weighted by molar-refractivity contribution is -0.125.